The van der Waals surface area contributed by atoms with Gasteiger partial charge >= 0.3 is 0 Å². The number of aliphatic hydroxyl groups excluding tert-OH is 1. The summed E-state index contributed by atoms with van der Waals surface area (Å²) in [6, 6.07) is 9.38. The Balaban J connectivity index is 2.11. The molecule has 0 radical (unpaired) electrons. The van der Waals surface area contributed by atoms with Gasteiger partial charge in [-0.05, 0) is 29.1 Å². The zero-order valence-corrected chi connectivity index (χ0v) is 19.1. The monoisotopic (exact) mass is 508 g/mol. The molecule has 0 aliphatic rings. The second kappa shape index (κ2) is 11.6. The molecule has 0 unspecified atom stereocenters. The van der Waals surface area contributed by atoms with Gasteiger partial charge < -0.3 is 27.2 Å². The second-order valence-electron chi connectivity index (χ2n) is 7.00. The van der Waals surface area contributed by atoms with Gasteiger partial charge in [0.15, 0.2) is 0 Å². The molecule has 0 fully saturated rings. The molecule has 0 spiro atoms. The van der Waals surface area contributed by atoms with Crippen LogP contribution in [0.1, 0.15) is 16.9 Å². The van der Waals surface area contributed by atoms with E-state index in [0.717, 1.165) is 14.9 Å². The van der Waals surface area contributed by atoms with Crippen LogP contribution in [0.25, 0.3) is 0 Å². The van der Waals surface area contributed by atoms with Gasteiger partial charge in [-0.3, -0.25) is 14.4 Å². The summed E-state index contributed by atoms with van der Waals surface area (Å²) in [7, 11) is 0. The summed E-state index contributed by atoms with van der Waals surface area (Å²) >= 11 is 4.83. The maximum Gasteiger partial charge on any atom is 0.246 e. The van der Waals surface area contributed by atoms with Crippen LogP contribution < -0.4 is 22.1 Å². The summed E-state index contributed by atoms with van der Waals surface area (Å²) in [4.78, 5) is 37.0. The minimum absolute atomic E-state index is 0.137. The summed E-state index contributed by atoms with van der Waals surface area (Å²) in [5, 5.41) is 17.2. The van der Waals surface area contributed by atoms with Crippen LogP contribution in [0, 0.1) is 0 Å². The van der Waals surface area contributed by atoms with E-state index >= 15 is 0 Å². The number of carbonyl (C=O) groups is 3. The van der Waals surface area contributed by atoms with Crippen molar-refractivity contribution >= 4 is 45.0 Å². The van der Waals surface area contributed by atoms with Gasteiger partial charge in [0.1, 0.15) is 18.2 Å². The fourth-order valence-corrected chi connectivity index (χ4v) is 3.85. The molecule has 8 nitrogen and oxygen atoms in total. The maximum atomic E-state index is 13.0. The van der Waals surface area contributed by atoms with Crippen molar-refractivity contribution in [1.82, 2.24) is 10.6 Å². The third-order valence-electron chi connectivity index (χ3n) is 4.46. The number of nitrogens with two attached hydrogens (primary N) is 2. The van der Waals surface area contributed by atoms with Crippen LogP contribution in [-0.4, -0.2) is 41.0 Å². The molecule has 3 atom stereocenters. The average molecular weight is 509 g/mol. The third kappa shape index (κ3) is 8.16. The molecule has 166 valence electrons. The van der Waals surface area contributed by atoms with Crippen LogP contribution in [-0.2, 0) is 27.2 Å². The first-order valence-corrected chi connectivity index (χ1v) is 11.1. The van der Waals surface area contributed by atoms with Crippen molar-refractivity contribution in [2.24, 2.45) is 11.5 Å². The number of rotatable bonds is 12. The molecule has 2 aromatic rings. The molecule has 7 N–H and O–H groups in total. The highest BCUT2D eigenvalue weighted by Crippen LogP contribution is 2.14. The highest BCUT2D eigenvalue weighted by atomic mass is 79.9. The number of nitrogens with one attached hydrogen (secondary N) is 2. The molecule has 0 aliphatic heterocycles. The average Bonchev–Trinajstić information content (AvgIpc) is 3.21. The van der Waals surface area contributed by atoms with E-state index in [9.17, 15) is 19.5 Å². The number of thiophene rings is 1. The van der Waals surface area contributed by atoms with E-state index in [1.54, 1.807) is 0 Å². The standard InChI is InChI=1S/C21H25BrN4O4S/c1-12(9-18(27)20(24)29)25-17(11-15-3-2-8-31-15)21(30)26-16(19(23)28)10-13-4-6-14(22)7-5-13/h2-8,16-18,25,27H,1,9-11H2,(H2,23,28)(H2,24,29)(H,26,30)/t16-,17+,18-/m1/s1. The Hall–Kier alpha value is -2.69. The van der Waals surface area contributed by atoms with E-state index in [2.05, 4.69) is 33.1 Å². The van der Waals surface area contributed by atoms with Crippen LogP contribution >= 0.6 is 27.3 Å². The van der Waals surface area contributed by atoms with Crippen molar-refractivity contribution in [2.75, 3.05) is 0 Å². The van der Waals surface area contributed by atoms with Crippen molar-refractivity contribution in [3.8, 4) is 0 Å². The third-order valence-corrected chi connectivity index (χ3v) is 5.89. The van der Waals surface area contributed by atoms with Gasteiger partial charge in [0.05, 0.1) is 0 Å². The molecule has 3 amide bonds. The Morgan fingerprint density at radius 1 is 1.03 bits per heavy atom. The van der Waals surface area contributed by atoms with Crippen LogP contribution in [0.3, 0.4) is 0 Å². The highest BCUT2D eigenvalue weighted by molar-refractivity contribution is 9.10. The number of primary amides is 2. The molecule has 0 aliphatic carbocycles. The number of amides is 3. The lowest BCUT2D eigenvalue weighted by Crippen LogP contribution is -2.53. The molecule has 1 aromatic carbocycles. The van der Waals surface area contributed by atoms with Gasteiger partial charge in [-0.1, -0.05) is 40.7 Å². The van der Waals surface area contributed by atoms with E-state index in [-0.39, 0.29) is 18.5 Å². The number of hydrogen-bond donors (Lipinski definition) is 5. The summed E-state index contributed by atoms with van der Waals surface area (Å²) in [6.07, 6.45) is -0.997. The summed E-state index contributed by atoms with van der Waals surface area (Å²) < 4.78 is 0.896. The molecule has 1 aromatic heterocycles. The Morgan fingerprint density at radius 2 is 1.71 bits per heavy atom. The van der Waals surface area contributed by atoms with E-state index in [4.69, 9.17) is 11.5 Å². The topological polar surface area (TPSA) is 148 Å². The Morgan fingerprint density at radius 3 is 2.26 bits per heavy atom. The molecule has 31 heavy (non-hydrogen) atoms. The largest absolute Gasteiger partial charge is 0.383 e. The molecular formula is C21H25BrN4O4S. The lowest BCUT2D eigenvalue weighted by Gasteiger charge is -2.24. The summed E-state index contributed by atoms with van der Waals surface area (Å²) in [5.41, 5.74) is 11.7. The number of aliphatic hydroxyl groups is 1. The Bertz CT molecular complexity index is 918. The normalized spacial score (nSPS) is 13.6. The fourth-order valence-electron chi connectivity index (χ4n) is 2.83. The first-order chi connectivity index (χ1) is 14.7. The fraction of sp³-hybridized carbons (Fsp3) is 0.286. The first-order valence-electron chi connectivity index (χ1n) is 9.44. The molecule has 10 heteroatoms. The molecule has 2 rings (SSSR count). The molecule has 0 saturated carbocycles. The van der Waals surface area contributed by atoms with Crippen molar-refractivity contribution in [2.45, 2.75) is 37.5 Å². The van der Waals surface area contributed by atoms with E-state index < -0.39 is 35.9 Å². The predicted molar refractivity (Wildman–Crippen MR) is 123 cm³/mol. The van der Waals surface area contributed by atoms with Gasteiger partial charge in [0, 0.05) is 34.3 Å². The maximum absolute atomic E-state index is 13.0. The number of hydrogen-bond acceptors (Lipinski definition) is 6. The molecule has 0 bridgehead atoms. The van der Waals surface area contributed by atoms with Crippen molar-refractivity contribution in [3.63, 3.8) is 0 Å². The van der Waals surface area contributed by atoms with Gasteiger partial charge in [-0.15, -0.1) is 11.3 Å². The molecule has 0 saturated heterocycles. The van der Waals surface area contributed by atoms with E-state index in [1.807, 2.05) is 41.8 Å². The zero-order chi connectivity index (χ0) is 23.0. The van der Waals surface area contributed by atoms with Gasteiger partial charge in [-0.25, -0.2) is 0 Å². The van der Waals surface area contributed by atoms with Crippen molar-refractivity contribution in [3.05, 3.63) is 69.0 Å². The van der Waals surface area contributed by atoms with Crippen molar-refractivity contribution in [1.29, 1.82) is 0 Å². The molecule has 1 heterocycles. The minimum Gasteiger partial charge on any atom is -0.383 e. The first kappa shape index (κ1) is 24.6. The van der Waals surface area contributed by atoms with Crippen LogP contribution in [0.15, 0.2) is 58.5 Å². The second-order valence-corrected chi connectivity index (χ2v) is 8.95. The summed E-state index contributed by atoms with van der Waals surface area (Å²) in [6.45, 7) is 3.77. The highest BCUT2D eigenvalue weighted by Gasteiger charge is 2.26. The summed E-state index contributed by atoms with van der Waals surface area (Å²) in [5.74, 6) is -2.00. The van der Waals surface area contributed by atoms with Crippen LogP contribution in [0.2, 0.25) is 0 Å². The van der Waals surface area contributed by atoms with E-state index in [0.29, 0.717) is 6.42 Å². The van der Waals surface area contributed by atoms with Gasteiger partial charge in [0.2, 0.25) is 17.7 Å². The smallest absolute Gasteiger partial charge is 0.246 e. The number of benzene rings is 1. The van der Waals surface area contributed by atoms with Crippen LogP contribution in [0.5, 0.6) is 0 Å². The number of halogens is 1. The van der Waals surface area contributed by atoms with E-state index in [1.165, 1.54) is 11.3 Å². The lowest BCUT2D eigenvalue weighted by atomic mass is 10.0. The SMILES string of the molecule is C=C(C[C@@H](O)C(N)=O)N[C@@H](Cc1cccs1)C(=O)N[C@H](Cc1ccc(Br)cc1)C(N)=O. The number of carbonyl (C=O) groups excluding carboxylic acids is 3. The zero-order valence-electron chi connectivity index (χ0n) is 16.7. The quantitative estimate of drug-likeness (QED) is 0.289. The Kier molecular flexibility index (Phi) is 9.22. The molecular weight excluding hydrogens is 484 g/mol. The predicted octanol–water partition coefficient (Wildman–Crippen LogP) is 0.974. The van der Waals surface area contributed by atoms with Gasteiger partial charge in [0.25, 0.3) is 0 Å². The minimum atomic E-state index is -1.42. The lowest BCUT2D eigenvalue weighted by molar-refractivity contribution is -0.128. The van der Waals surface area contributed by atoms with Crippen molar-refractivity contribution < 1.29 is 19.5 Å². The van der Waals surface area contributed by atoms with Gasteiger partial charge in [-0.2, -0.15) is 0 Å². The Labute approximate surface area is 192 Å². The van der Waals surface area contributed by atoms with Crippen LogP contribution in [0.4, 0.5) is 0 Å².